The van der Waals surface area contributed by atoms with Crippen LogP contribution in [-0.2, 0) is 13.1 Å². The number of nitrogen functional groups attached to an aromatic ring is 1. The van der Waals surface area contributed by atoms with Crippen LogP contribution in [-0.4, -0.2) is 30.6 Å². The molecule has 35 heavy (non-hydrogen) atoms. The van der Waals surface area contributed by atoms with E-state index in [-0.39, 0.29) is 7.33 Å². The largest absolute Gasteiger partial charge is 0.383 e. The van der Waals surface area contributed by atoms with Gasteiger partial charge in [-0.1, -0.05) is 6.07 Å². The zero-order valence-electron chi connectivity index (χ0n) is 20.3. The first-order valence-corrected chi connectivity index (χ1v) is 11.5. The van der Waals surface area contributed by atoms with Gasteiger partial charge in [0.05, 0.1) is 40.7 Å². The van der Waals surface area contributed by atoms with Crippen LogP contribution in [0.4, 0.5) is 5.82 Å². The molecule has 0 fully saturated rings. The van der Waals surface area contributed by atoms with Crippen LogP contribution in [0.5, 0.6) is 0 Å². The van der Waals surface area contributed by atoms with Gasteiger partial charge in [0.2, 0.25) is 0 Å². The molecule has 0 radical (unpaired) electrons. The summed E-state index contributed by atoms with van der Waals surface area (Å²) in [5, 5.41) is 9.40. The molecule has 0 saturated heterocycles. The van der Waals surface area contributed by atoms with E-state index in [1.165, 1.54) is 0 Å². The van der Waals surface area contributed by atoms with Crippen molar-refractivity contribution in [2.45, 2.75) is 40.8 Å². The molecule has 0 bridgehead atoms. The highest BCUT2D eigenvalue weighted by Crippen LogP contribution is 2.28. The number of amides is 1. The van der Waals surface area contributed by atoms with Gasteiger partial charge >= 0.3 is 0 Å². The molecule has 0 unspecified atom stereocenters. The summed E-state index contributed by atoms with van der Waals surface area (Å²) in [7, 11) is 0. The predicted molar refractivity (Wildman–Crippen MR) is 139 cm³/mol. The summed E-state index contributed by atoms with van der Waals surface area (Å²) < 4.78 is 1.76. The molecule has 3 aromatic heterocycles. The minimum Gasteiger partial charge on any atom is -0.383 e. The van der Waals surface area contributed by atoms with Gasteiger partial charge in [-0.05, 0) is 79.6 Å². The molecule has 1 amide bonds. The highest BCUT2D eigenvalue weighted by Gasteiger charge is 2.13. The van der Waals surface area contributed by atoms with Gasteiger partial charge in [-0.3, -0.25) is 9.48 Å². The van der Waals surface area contributed by atoms with Crippen LogP contribution in [0.15, 0.2) is 48.9 Å². The normalized spacial score (nSPS) is 11.3. The number of anilines is 1. The van der Waals surface area contributed by atoms with Crippen LogP contribution in [0.25, 0.3) is 21.8 Å². The van der Waals surface area contributed by atoms with Crippen molar-refractivity contribution in [3.63, 3.8) is 0 Å². The molecule has 3 N–H and O–H groups in total. The number of aryl methyl sites for hydroxylation is 4. The average Bonchev–Trinajstić information content (AvgIpc) is 3.29. The maximum absolute atomic E-state index is 12.9. The first-order valence-electron chi connectivity index (χ1n) is 11.5. The topological polar surface area (TPSA) is 112 Å². The molecule has 5 aromatic rings. The van der Waals surface area contributed by atoms with Crippen molar-refractivity contribution in [3.8, 4) is 0 Å². The standard InChI is InChI=1S/C27H27N7O.H2/c1-15-9-22-21(7-8-29-26(22)28)16(2)23(15)12-30-27(35)20-11-31-34(14-20)13-19-5-6-24-25(10-19)33-18(4)17(3)32-24;/h5-11,14H,12-13H2,1-4H3,(H2,28,29)(H,30,35);1H. The maximum atomic E-state index is 12.9. The summed E-state index contributed by atoms with van der Waals surface area (Å²) in [4.78, 5) is 26.3. The maximum Gasteiger partial charge on any atom is 0.254 e. The molecular formula is C27H29N7O. The van der Waals surface area contributed by atoms with Crippen LogP contribution >= 0.6 is 0 Å². The molecule has 0 aliphatic rings. The van der Waals surface area contributed by atoms with E-state index < -0.39 is 0 Å². The van der Waals surface area contributed by atoms with Crippen molar-refractivity contribution in [3.05, 3.63) is 88.1 Å². The average molecular weight is 468 g/mol. The second-order valence-corrected chi connectivity index (χ2v) is 8.92. The minimum atomic E-state index is -0.167. The number of nitrogens with one attached hydrogen (secondary N) is 1. The Labute approximate surface area is 204 Å². The summed E-state index contributed by atoms with van der Waals surface area (Å²) >= 11 is 0. The van der Waals surface area contributed by atoms with Crippen molar-refractivity contribution in [1.82, 2.24) is 30.0 Å². The number of hydrogen-bond acceptors (Lipinski definition) is 6. The Hall–Kier alpha value is -4.33. The third-order valence-electron chi connectivity index (χ3n) is 6.52. The fourth-order valence-electron chi connectivity index (χ4n) is 4.40. The minimum absolute atomic E-state index is 0. The van der Waals surface area contributed by atoms with Crippen LogP contribution in [0.1, 0.15) is 45.4 Å². The van der Waals surface area contributed by atoms with Gasteiger partial charge in [0.25, 0.3) is 5.91 Å². The molecule has 8 heteroatoms. The monoisotopic (exact) mass is 467 g/mol. The van der Waals surface area contributed by atoms with Crippen molar-refractivity contribution in [2.24, 2.45) is 0 Å². The van der Waals surface area contributed by atoms with Gasteiger partial charge in [-0.2, -0.15) is 5.10 Å². The Balaban J connectivity index is 0.00000304. The van der Waals surface area contributed by atoms with Gasteiger partial charge in [-0.25, -0.2) is 15.0 Å². The molecule has 0 spiro atoms. The van der Waals surface area contributed by atoms with Gasteiger partial charge in [0.15, 0.2) is 0 Å². The van der Waals surface area contributed by atoms with Crippen molar-refractivity contribution < 1.29 is 6.22 Å². The van der Waals surface area contributed by atoms with Gasteiger partial charge in [0.1, 0.15) is 5.82 Å². The molecular weight excluding hydrogens is 438 g/mol. The molecule has 8 nitrogen and oxygen atoms in total. The van der Waals surface area contributed by atoms with E-state index in [1.54, 1.807) is 23.3 Å². The Morgan fingerprint density at radius 2 is 1.80 bits per heavy atom. The molecule has 178 valence electrons. The lowest BCUT2D eigenvalue weighted by Crippen LogP contribution is -2.23. The van der Waals surface area contributed by atoms with Crippen molar-refractivity contribution in [1.29, 1.82) is 0 Å². The number of benzene rings is 2. The second-order valence-electron chi connectivity index (χ2n) is 8.92. The number of rotatable bonds is 5. The second kappa shape index (κ2) is 8.79. The zero-order valence-corrected chi connectivity index (χ0v) is 20.3. The highest BCUT2D eigenvalue weighted by molar-refractivity contribution is 5.95. The van der Waals surface area contributed by atoms with Crippen molar-refractivity contribution >= 4 is 33.5 Å². The third-order valence-corrected chi connectivity index (χ3v) is 6.52. The van der Waals surface area contributed by atoms with Crippen LogP contribution in [0, 0.1) is 27.7 Å². The first kappa shape index (κ1) is 22.5. The van der Waals surface area contributed by atoms with Gasteiger partial charge in [0, 0.05) is 25.8 Å². The van der Waals surface area contributed by atoms with Crippen LogP contribution in [0.3, 0.4) is 0 Å². The Morgan fingerprint density at radius 3 is 2.60 bits per heavy atom. The molecule has 0 aliphatic heterocycles. The number of nitrogens with zero attached hydrogens (tertiary/aromatic N) is 5. The first-order chi connectivity index (χ1) is 16.8. The van der Waals surface area contributed by atoms with Gasteiger partial charge < -0.3 is 11.1 Å². The van der Waals surface area contributed by atoms with Gasteiger partial charge in [-0.15, -0.1) is 0 Å². The summed E-state index contributed by atoms with van der Waals surface area (Å²) in [6.45, 7) is 8.95. The smallest absolute Gasteiger partial charge is 0.254 e. The quantitative estimate of drug-likeness (QED) is 0.396. The summed E-state index contributed by atoms with van der Waals surface area (Å²) in [6.07, 6.45) is 5.06. The number of carbonyl (C=O) groups is 1. The third kappa shape index (κ3) is 4.30. The molecule has 2 aromatic carbocycles. The van der Waals surface area contributed by atoms with E-state index in [0.717, 1.165) is 55.4 Å². The van der Waals surface area contributed by atoms with E-state index in [2.05, 4.69) is 25.4 Å². The van der Waals surface area contributed by atoms with E-state index >= 15 is 0 Å². The number of carbonyl (C=O) groups excluding carboxylic acids is 1. The predicted octanol–water partition coefficient (Wildman–Crippen LogP) is 4.41. The summed E-state index contributed by atoms with van der Waals surface area (Å²) in [5.74, 6) is 0.347. The lowest BCUT2D eigenvalue weighted by Gasteiger charge is -2.14. The number of pyridine rings is 1. The van der Waals surface area contributed by atoms with Crippen LogP contribution in [0.2, 0.25) is 0 Å². The fraction of sp³-hybridized carbons (Fsp3) is 0.222. The van der Waals surface area contributed by atoms with E-state index in [1.807, 2.05) is 58.0 Å². The van der Waals surface area contributed by atoms with E-state index in [0.29, 0.717) is 24.5 Å². The number of fused-ring (bicyclic) bond motifs is 2. The number of aromatic nitrogens is 5. The molecule has 0 atom stereocenters. The fourth-order valence-corrected chi connectivity index (χ4v) is 4.40. The lowest BCUT2D eigenvalue weighted by molar-refractivity contribution is 0.0950. The van der Waals surface area contributed by atoms with Crippen molar-refractivity contribution in [2.75, 3.05) is 5.73 Å². The van der Waals surface area contributed by atoms with Crippen LogP contribution < -0.4 is 11.1 Å². The highest BCUT2D eigenvalue weighted by atomic mass is 16.1. The number of nitrogens with two attached hydrogens (primary N) is 1. The SMILES string of the molecule is Cc1cc2c(N)nccc2c(C)c1CNC(=O)c1cnn(Cc2ccc3nc(C)c(C)nc3c2)c1.[HH]. The number of hydrogen-bond donors (Lipinski definition) is 2. The molecule has 5 rings (SSSR count). The molecule has 0 aliphatic carbocycles. The Kier molecular flexibility index (Phi) is 5.64. The molecule has 0 saturated carbocycles. The molecule has 3 heterocycles. The van der Waals surface area contributed by atoms with E-state index in [9.17, 15) is 4.79 Å². The summed E-state index contributed by atoms with van der Waals surface area (Å²) in [5.41, 5.74) is 14.4. The van der Waals surface area contributed by atoms with E-state index in [4.69, 9.17) is 5.73 Å². The lowest BCUT2D eigenvalue weighted by atomic mass is 9.96. The Morgan fingerprint density at radius 1 is 1.03 bits per heavy atom. The summed E-state index contributed by atoms with van der Waals surface area (Å²) in [6, 6.07) is 9.99. The zero-order chi connectivity index (χ0) is 24.7. The Bertz CT molecular complexity index is 1610.